The number of methoxy groups -OCH3 is 1. The molecular formula is C16H22N4O. The van der Waals surface area contributed by atoms with Gasteiger partial charge in [0.2, 0.25) is 0 Å². The van der Waals surface area contributed by atoms with E-state index in [4.69, 9.17) is 4.74 Å². The smallest absolute Gasteiger partial charge is 0.139 e. The quantitative estimate of drug-likeness (QED) is 0.877. The summed E-state index contributed by atoms with van der Waals surface area (Å²) in [6.45, 7) is 6.28. The van der Waals surface area contributed by atoms with Crippen LogP contribution in [-0.2, 0) is 0 Å². The molecular weight excluding hydrogens is 264 g/mol. The third-order valence-electron chi connectivity index (χ3n) is 3.36. The van der Waals surface area contributed by atoms with Crippen molar-refractivity contribution in [3.63, 3.8) is 0 Å². The van der Waals surface area contributed by atoms with Crippen molar-refractivity contribution in [1.82, 2.24) is 9.97 Å². The van der Waals surface area contributed by atoms with Gasteiger partial charge in [0.15, 0.2) is 0 Å². The largest absolute Gasteiger partial charge is 0.496 e. The van der Waals surface area contributed by atoms with Crippen LogP contribution in [0.5, 0.6) is 5.75 Å². The number of hydrogen-bond acceptors (Lipinski definition) is 5. The average molecular weight is 286 g/mol. The van der Waals surface area contributed by atoms with Crippen molar-refractivity contribution in [2.45, 2.75) is 26.7 Å². The molecule has 2 rings (SSSR count). The molecule has 1 heterocycles. The molecule has 5 nitrogen and oxygen atoms in total. The van der Waals surface area contributed by atoms with E-state index in [2.05, 4.69) is 34.4 Å². The van der Waals surface area contributed by atoms with Crippen LogP contribution >= 0.6 is 0 Å². The first-order chi connectivity index (χ1) is 10.1. The number of anilines is 3. The molecule has 0 spiro atoms. The van der Waals surface area contributed by atoms with E-state index < -0.39 is 0 Å². The van der Waals surface area contributed by atoms with Gasteiger partial charge in [-0.05, 0) is 36.6 Å². The Morgan fingerprint density at radius 1 is 1.14 bits per heavy atom. The highest BCUT2D eigenvalue weighted by Gasteiger charge is 2.14. The molecule has 0 atom stereocenters. The fourth-order valence-electron chi connectivity index (χ4n) is 2.33. The molecule has 0 saturated heterocycles. The maximum atomic E-state index is 5.29. The number of benzene rings is 1. The van der Waals surface area contributed by atoms with E-state index in [9.17, 15) is 0 Å². The Labute approximate surface area is 125 Å². The van der Waals surface area contributed by atoms with E-state index in [0.29, 0.717) is 5.92 Å². The standard InChI is InChI=1S/C16H22N4O/c1-10(2)14-15(17-4)18-9-19-16(14)20-12-6-7-13(21-5)11(3)8-12/h6-10H,1-5H3,(H2,17,18,19,20). The van der Waals surface area contributed by atoms with Crippen molar-refractivity contribution in [1.29, 1.82) is 0 Å². The molecule has 0 saturated carbocycles. The van der Waals surface area contributed by atoms with E-state index >= 15 is 0 Å². The molecule has 0 aliphatic rings. The van der Waals surface area contributed by atoms with Gasteiger partial charge >= 0.3 is 0 Å². The van der Waals surface area contributed by atoms with Gasteiger partial charge in [-0.25, -0.2) is 9.97 Å². The first-order valence-electron chi connectivity index (χ1n) is 7.01. The molecule has 2 N–H and O–H groups in total. The highest BCUT2D eigenvalue weighted by molar-refractivity contribution is 5.66. The summed E-state index contributed by atoms with van der Waals surface area (Å²) in [6.07, 6.45) is 1.57. The van der Waals surface area contributed by atoms with Gasteiger partial charge in [0.1, 0.15) is 23.7 Å². The lowest BCUT2D eigenvalue weighted by Crippen LogP contribution is -2.07. The van der Waals surface area contributed by atoms with Crippen LogP contribution in [0.1, 0.15) is 30.9 Å². The van der Waals surface area contributed by atoms with Crippen molar-refractivity contribution < 1.29 is 4.74 Å². The van der Waals surface area contributed by atoms with Crippen LogP contribution in [-0.4, -0.2) is 24.1 Å². The number of aromatic nitrogens is 2. The predicted octanol–water partition coefficient (Wildman–Crippen LogP) is 3.70. The molecule has 0 fully saturated rings. The maximum Gasteiger partial charge on any atom is 0.139 e. The zero-order chi connectivity index (χ0) is 15.4. The van der Waals surface area contributed by atoms with Crippen LogP contribution < -0.4 is 15.4 Å². The van der Waals surface area contributed by atoms with E-state index in [1.165, 1.54) is 0 Å². The van der Waals surface area contributed by atoms with Crippen molar-refractivity contribution >= 4 is 17.3 Å². The van der Waals surface area contributed by atoms with Crippen molar-refractivity contribution in [3.8, 4) is 5.75 Å². The molecule has 21 heavy (non-hydrogen) atoms. The molecule has 2 aromatic rings. The van der Waals surface area contributed by atoms with E-state index in [-0.39, 0.29) is 0 Å². The number of aryl methyl sites for hydroxylation is 1. The summed E-state index contributed by atoms with van der Waals surface area (Å²) in [5.74, 6) is 2.88. The Bertz CT molecular complexity index is 626. The molecule has 0 aliphatic heterocycles. The minimum atomic E-state index is 0.315. The van der Waals surface area contributed by atoms with Gasteiger partial charge < -0.3 is 15.4 Å². The molecule has 0 unspecified atom stereocenters. The van der Waals surface area contributed by atoms with Crippen LogP contribution in [0.25, 0.3) is 0 Å². The third kappa shape index (κ3) is 3.24. The van der Waals surface area contributed by atoms with E-state index in [0.717, 1.165) is 34.2 Å². The number of nitrogens with one attached hydrogen (secondary N) is 2. The van der Waals surface area contributed by atoms with Gasteiger partial charge in [-0.1, -0.05) is 13.8 Å². The summed E-state index contributed by atoms with van der Waals surface area (Å²) >= 11 is 0. The van der Waals surface area contributed by atoms with Crippen LogP contribution in [0.2, 0.25) is 0 Å². The zero-order valence-corrected chi connectivity index (χ0v) is 13.2. The monoisotopic (exact) mass is 286 g/mol. The first-order valence-corrected chi connectivity index (χ1v) is 7.01. The molecule has 0 bridgehead atoms. The Kier molecular flexibility index (Phi) is 4.62. The second kappa shape index (κ2) is 6.43. The lowest BCUT2D eigenvalue weighted by molar-refractivity contribution is 0.412. The minimum Gasteiger partial charge on any atom is -0.496 e. The predicted molar refractivity (Wildman–Crippen MR) is 86.7 cm³/mol. The normalized spacial score (nSPS) is 10.6. The van der Waals surface area contributed by atoms with Crippen molar-refractivity contribution in [2.24, 2.45) is 0 Å². The summed E-state index contributed by atoms with van der Waals surface area (Å²) in [5.41, 5.74) is 3.14. The Hall–Kier alpha value is -2.30. The van der Waals surface area contributed by atoms with Crippen LogP contribution in [0.3, 0.4) is 0 Å². The van der Waals surface area contributed by atoms with Crippen LogP contribution in [0, 0.1) is 6.92 Å². The molecule has 0 aliphatic carbocycles. The second-order valence-corrected chi connectivity index (χ2v) is 5.20. The first kappa shape index (κ1) is 15.1. The molecule has 1 aromatic heterocycles. The Balaban J connectivity index is 2.37. The van der Waals surface area contributed by atoms with Crippen molar-refractivity contribution in [2.75, 3.05) is 24.8 Å². The summed E-state index contributed by atoms with van der Waals surface area (Å²) in [6, 6.07) is 5.98. The SMILES string of the molecule is CNc1ncnc(Nc2ccc(OC)c(C)c2)c1C(C)C. The molecule has 0 amide bonds. The van der Waals surface area contributed by atoms with Gasteiger partial charge in [0.25, 0.3) is 0 Å². The Morgan fingerprint density at radius 2 is 1.86 bits per heavy atom. The highest BCUT2D eigenvalue weighted by Crippen LogP contribution is 2.31. The topological polar surface area (TPSA) is 59.1 Å². The minimum absolute atomic E-state index is 0.315. The Morgan fingerprint density at radius 3 is 2.43 bits per heavy atom. The lowest BCUT2D eigenvalue weighted by atomic mass is 10.0. The van der Waals surface area contributed by atoms with Crippen molar-refractivity contribution in [3.05, 3.63) is 35.7 Å². The summed E-state index contributed by atoms with van der Waals surface area (Å²) in [7, 11) is 3.55. The van der Waals surface area contributed by atoms with E-state index in [1.54, 1.807) is 13.4 Å². The molecule has 5 heteroatoms. The lowest BCUT2D eigenvalue weighted by Gasteiger charge is -2.17. The molecule has 112 valence electrons. The summed E-state index contributed by atoms with van der Waals surface area (Å²) < 4.78 is 5.29. The molecule has 1 aromatic carbocycles. The van der Waals surface area contributed by atoms with Crippen LogP contribution in [0.15, 0.2) is 24.5 Å². The summed E-state index contributed by atoms with van der Waals surface area (Å²) in [4.78, 5) is 8.67. The molecule has 0 radical (unpaired) electrons. The van der Waals surface area contributed by atoms with Gasteiger partial charge in [0, 0.05) is 18.3 Å². The number of nitrogens with zero attached hydrogens (tertiary/aromatic N) is 2. The summed E-state index contributed by atoms with van der Waals surface area (Å²) in [5, 5.41) is 6.50. The maximum absolute atomic E-state index is 5.29. The number of hydrogen-bond donors (Lipinski definition) is 2. The zero-order valence-electron chi connectivity index (χ0n) is 13.2. The highest BCUT2D eigenvalue weighted by atomic mass is 16.5. The van der Waals surface area contributed by atoms with Crippen LogP contribution in [0.4, 0.5) is 17.3 Å². The fourth-order valence-corrected chi connectivity index (χ4v) is 2.33. The number of ether oxygens (including phenoxy) is 1. The second-order valence-electron chi connectivity index (χ2n) is 5.20. The fraction of sp³-hybridized carbons (Fsp3) is 0.375. The van der Waals surface area contributed by atoms with Gasteiger partial charge in [-0.2, -0.15) is 0 Å². The third-order valence-corrected chi connectivity index (χ3v) is 3.36. The van der Waals surface area contributed by atoms with Gasteiger partial charge in [-0.15, -0.1) is 0 Å². The van der Waals surface area contributed by atoms with Gasteiger partial charge in [-0.3, -0.25) is 0 Å². The van der Waals surface area contributed by atoms with E-state index in [1.807, 2.05) is 32.2 Å². The van der Waals surface area contributed by atoms with Gasteiger partial charge in [0.05, 0.1) is 7.11 Å². The number of rotatable bonds is 5. The average Bonchev–Trinajstić information content (AvgIpc) is 2.46.